The number of fused-ring (bicyclic) bond motifs is 3. The second-order valence-corrected chi connectivity index (χ2v) is 7.12. The van der Waals surface area contributed by atoms with Crippen LogP contribution in [-0.4, -0.2) is 18.5 Å². The maximum atomic E-state index is 12.5. The third kappa shape index (κ3) is 2.18. The first-order chi connectivity index (χ1) is 10.2. The molecule has 2 fully saturated rings. The van der Waals surface area contributed by atoms with Crippen molar-refractivity contribution in [2.24, 2.45) is 23.5 Å². The fraction of sp³-hybridized carbons (Fsp3) is 0.611. The quantitative estimate of drug-likeness (QED) is 0.894. The molecular weight excluding hydrogens is 260 g/mol. The number of amides is 1. The normalized spacial score (nSPS) is 36.7. The molecule has 3 nitrogen and oxygen atoms in total. The van der Waals surface area contributed by atoms with E-state index in [9.17, 15) is 4.79 Å². The Morgan fingerprint density at radius 3 is 2.81 bits per heavy atom. The standard InChI is InChI=1S/C18H24N2O/c19-17-13-7-6-12(9-13)16(17)18(21)20-10-14-8-5-11-3-1-2-4-15(11)14/h1-4,12-14,16-17H,5-10,19H2,(H,20,21). The number of nitrogens with two attached hydrogens (primary N) is 1. The fourth-order valence-electron chi connectivity index (χ4n) is 4.92. The van der Waals surface area contributed by atoms with Crippen molar-refractivity contribution in [2.45, 2.75) is 44.1 Å². The molecule has 4 rings (SSSR count). The summed E-state index contributed by atoms with van der Waals surface area (Å²) in [5.74, 6) is 1.90. The van der Waals surface area contributed by atoms with Gasteiger partial charge in [-0.1, -0.05) is 24.3 Å². The average Bonchev–Trinajstić information content (AvgIpc) is 3.19. The molecule has 0 radical (unpaired) electrons. The number of carbonyl (C=O) groups is 1. The van der Waals surface area contributed by atoms with Gasteiger partial charge < -0.3 is 11.1 Å². The minimum Gasteiger partial charge on any atom is -0.355 e. The number of aryl methyl sites for hydroxylation is 1. The van der Waals surface area contributed by atoms with Crippen LogP contribution in [0.5, 0.6) is 0 Å². The lowest BCUT2D eigenvalue weighted by atomic mass is 9.84. The summed E-state index contributed by atoms with van der Waals surface area (Å²) in [6.45, 7) is 0.774. The average molecular weight is 284 g/mol. The lowest BCUT2D eigenvalue weighted by Gasteiger charge is -2.27. The Morgan fingerprint density at radius 2 is 2.00 bits per heavy atom. The number of rotatable bonds is 3. The molecule has 3 aliphatic carbocycles. The van der Waals surface area contributed by atoms with Crippen LogP contribution in [0.4, 0.5) is 0 Å². The highest BCUT2D eigenvalue weighted by atomic mass is 16.1. The Bertz CT molecular complexity index is 554. The monoisotopic (exact) mass is 284 g/mol. The minimum absolute atomic E-state index is 0.0698. The number of benzene rings is 1. The summed E-state index contributed by atoms with van der Waals surface area (Å²) >= 11 is 0. The Kier molecular flexibility index (Phi) is 3.26. The summed E-state index contributed by atoms with van der Waals surface area (Å²) in [4.78, 5) is 12.5. The molecule has 3 N–H and O–H groups in total. The van der Waals surface area contributed by atoms with Gasteiger partial charge in [0.15, 0.2) is 0 Å². The zero-order valence-corrected chi connectivity index (χ0v) is 12.4. The highest BCUT2D eigenvalue weighted by Gasteiger charge is 2.49. The smallest absolute Gasteiger partial charge is 0.224 e. The second-order valence-electron chi connectivity index (χ2n) is 7.12. The van der Waals surface area contributed by atoms with Crippen molar-refractivity contribution in [3.63, 3.8) is 0 Å². The van der Waals surface area contributed by atoms with E-state index < -0.39 is 0 Å². The van der Waals surface area contributed by atoms with Crippen LogP contribution in [0.1, 0.15) is 42.7 Å². The third-order valence-corrected chi connectivity index (χ3v) is 6.06. The Morgan fingerprint density at radius 1 is 1.19 bits per heavy atom. The topological polar surface area (TPSA) is 55.1 Å². The predicted octanol–water partition coefficient (Wildman–Crippen LogP) is 2.21. The molecule has 5 unspecified atom stereocenters. The summed E-state index contributed by atoms with van der Waals surface area (Å²) in [5, 5.41) is 3.20. The molecule has 3 aliphatic rings. The van der Waals surface area contributed by atoms with Gasteiger partial charge in [-0.2, -0.15) is 0 Å². The highest BCUT2D eigenvalue weighted by molar-refractivity contribution is 5.80. The molecule has 112 valence electrons. The largest absolute Gasteiger partial charge is 0.355 e. The van der Waals surface area contributed by atoms with Gasteiger partial charge in [-0.05, 0) is 55.1 Å². The van der Waals surface area contributed by atoms with E-state index >= 15 is 0 Å². The van der Waals surface area contributed by atoms with Crippen molar-refractivity contribution < 1.29 is 4.79 Å². The van der Waals surface area contributed by atoms with E-state index in [-0.39, 0.29) is 17.9 Å². The SMILES string of the molecule is NC1C2CCC(C2)C1C(=O)NCC1CCc2ccccc21. The first-order valence-corrected chi connectivity index (χ1v) is 8.35. The van der Waals surface area contributed by atoms with Crippen LogP contribution >= 0.6 is 0 Å². The second kappa shape index (κ2) is 5.13. The van der Waals surface area contributed by atoms with Gasteiger partial charge in [0.2, 0.25) is 5.91 Å². The molecule has 0 saturated heterocycles. The summed E-state index contributed by atoms with van der Waals surface area (Å²) < 4.78 is 0. The molecule has 0 spiro atoms. The van der Waals surface area contributed by atoms with Gasteiger partial charge in [-0.25, -0.2) is 0 Å². The zero-order chi connectivity index (χ0) is 14.4. The lowest BCUT2D eigenvalue weighted by molar-refractivity contribution is -0.127. The molecule has 21 heavy (non-hydrogen) atoms. The van der Waals surface area contributed by atoms with Gasteiger partial charge in [0.1, 0.15) is 0 Å². The molecule has 3 heteroatoms. The Balaban J connectivity index is 1.39. The van der Waals surface area contributed by atoms with Crippen LogP contribution in [0.15, 0.2) is 24.3 Å². The molecular formula is C18H24N2O. The van der Waals surface area contributed by atoms with Gasteiger partial charge in [-0.3, -0.25) is 4.79 Å². The van der Waals surface area contributed by atoms with E-state index in [1.165, 1.54) is 30.4 Å². The van der Waals surface area contributed by atoms with Crippen LogP contribution in [0, 0.1) is 17.8 Å². The van der Waals surface area contributed by atoms with Crippen molar-refractivity contribution in [3.05, 3.63) is 35.4 Å². The first kappa shape index (κ1) is 13.3. The fourth-order valence-corrected chi connectivity index (χ4v) is 4.92. The predicted molar refractivity (Wildman–Crippen MR) is 82.8 cm³/mol. The zero-order valence-electron chi connectivity index (χ0n) is 12.4. The van der Waals surface area contributed by atoms with Crippen molar-refractivity contribution in [1.29, 1.82) is 0 Å². The summed E-state index contributed by atoms with van der Waals surface area (Å²) in [6, 6.07) is 8.73. The number of hydrogen-bond donors (Lipinski definition) is 2. The molecule has 2 bridgehead atoms. The molecule has 0 heterocycles. The first-order valence-electron chi connectivity index (χ1n) is 8.35. The van der Waals surface area contributed by atoms with Crippen LogP contribution < -0.4 is 11.1 Å². The minimum atomic E-state index is 0.0698. The lowest BCUT2D eigenvalue weighted by Crippen LogP contribution is -2.46. The molecule has 5 atom stereocenters. The number of nitrogens with one attached hydrogen (secondary N) is 1. The van der Waals surface area contributed by atoms with E-state index in [2.05, 4.69) is 29.6 Å². The van der Waals surface area contributed by atoms with Gasteiger partial charge in [0, 0.05) is 18.5 Å². The number of carbonyl (C=O) groups excluding carboxylic acids is 1. The van der Waals surface area contributed by atoms with Crippen molar-refractivity contribution >= 4 is 5.91 Å². The molecule has 1 amide bonds. The summed E-state index contributed by atoms with van der Waals surface area (Å²) in [5.41, 5.74) is 9.14. The van der Waals surface area contributed by atoms with E-state index in [1.54, 1.807) is 0 Å². The third-order valence-electron chi connectivity index (χ3n) is 6.06. The van der Waals surface area contributed by atoms with E-state index in [1.807, 2.05) is 0 Å². The van der Waals surface area contributed by atoms with Crippen LogP contribution in [0.3, 0.4) is 0 Å². The molecule has 0 aliphatic heterocycles. The van der Waals surface area contributed by atoms with E-state index in [4.69, 9.17) is 5.73 Å². The van der Waals surface area contributed by atoms with Crippen LogP contribution in [-0.2, 0) is 11.2 Å². The maximum absolute atomic E-state index is 12.5. The maximum Gasteiger partial charge on any atom is 0.224 e. The van der Waals surface area contributed by atoms with Gasteiger partial charge in [0.25, 0.3) is 0 Å². The molecule has 0 aromatic heterocycles. The van der Waals surface area contributed by atoms with Gasteiger partial charge >= 0.3 is 0 Å². The van der Waals surface area contributed by atoms with Gasteiger partial charge in [-0.15, -0.1) is 0 Å². The van der Waals surface area contributed by atoms with Crippen molar-refractivity contribution in [2.75, 3.05) is 6.54 Å². The summed E-state index contributed by atoms with van der Waals surface area (Å²) in [7, 11) is 0. The van der Waals surface area contributed by atoms with Crippen molar-refractivity contribution in [3.8, 4) is 0 Å². The molecule has 1 aromatic carbocycles. The van der Waals surface area contributed by atoms with E-state index in [0.29, 0.717) is 17.8 Å². The Hall–Kier alpha value is -1.35. The molecule has 2 saturated carbocycles. The van der Waals surface area contributed by atoms with Crippen molar-refractivity contribution in [1.82, 2.24) is 5.32 Å². The summed E-state index contributed by atoms with van der Waals surface area (Å²) in [6.07, 6.45) is 5.90. The number of hydrogen-bond acceptors (Lipinski definition) is 2. The van der Waals surface area contributed by atoms with Crippen LogP contribution in [0.2, 0.25) is 0 Å². The van der Waals surface area contributed by atoms with Crippen LogP contribution in [0.25, 0.3) is 0 Å². The molecule has 1 aromatic rings. The highest BCUT2D eigenvalue weighted by Crippen LogP contribution is 2.47. The van der Waals surface area contributed by atoms with Gasteiger partial charge in [0.05, 0.1) is 5.92 Å². The van der Waals surface area contributed by atoms with E-state index in [0.717, 1.165) is 19.4 Å². The Labute approximate surface area is 126 Å².